The Morgan fingerprint density at radius 1 is 1.26 bits per heavy atom. The van der Waals surface area contributed by atoms with E-state index in [-0.39, 0.29) is 5.97 Å². The highest BCUT2D eigenvalue weighted by Crippen LogP contribution is 2.27. The van der Waals surface area contributed by atoms with E-state index in [4.69, 9.17) is 14.7 Å². The molecule has 0 aliphatic rings. The van der Waals surface area contributed by atoms with E-state index in [1.165, 1.54) is 7.11 Å². The fourth-order valence-electron chi connectivity index (χ4n) is 2.75. The van der Waals surface area contributed by atoms with Crippen LogP contribution in [0.25, 0.3) is 11.4 Å². The summed E-state index contributed by atoms with van der Waals surface area (Å²) < 4.78 is 4.74. The molecule has 0 aliphatic carbocycles. The second-order valence-corrected chi connectivity index (χ2v) is 6.65. The van der Waals surface area contributed by atoms with Crippen LogP contribution in [0.3, 0.4) is 0 Å². The summed E-state index contributed by atoms with van der Waals surface area (Å²) in [6.45, 7) is 5.94. The highest BCUT2D eigenvalue weighted by Gasteiger charge is 2.14. The van der Waals surface area contributed by atoms with Gasteiger partial charge in [0.15, 0.2) is 5.82 Å². The molecule has 0 bridgehead atoms. The Kier molecular flexibility index (Phi) is 5.98. The van der Waals surface area contributed by atoms with Crippen LogP contribution in [0, 0.1) is 0 Å². The number of ether oxygens (including phenoxy) is 1. The Morgan fingerprint density at radius 3 is 2.63 bits per heavy atom. The minimum atomic E-state index is -0.357. The van der Waals surface area contributed by atoms with E-state index in [1.807, 2.05) is 35.0 Å². The Labute approximate surface area is 162 Å². The Morgan fingerprint density at radius 2 is 2.04 bits per heavy atom. The number of benzene rings is 1. The van der Waals surface area contributed by atoms with Gasteiger partial charge < -0.3 is 10.1 Å². The number of anilines is 2. The minimum absolute atomic E-state index is 0.357. The maximum Gasteiger partial charge on any atom is 0.337 e. The van der Waals surface area contributed by atoms with Gasteiger partial charge in [-0.2, -0.15) is 11.3 Å². The van der Waals surface area contributed by atoms with Gasteiger partial charge >= 0.3 is 5.97 Å². The van der Waals surface area contributed by atoms with Crippen LogP contribution < -0.4 is 5.32 Å². The number of hydrogen-bond donors (Lipinski definition) is 1. The van der Waals surface area contributed by atoms with Crippen molar-refractivity contribution in [1.29, 1.82) is 0 Å². The SMILES string of the molecule is C=CCc1c(CC)nc(-c2ccsc2)nc1Nc1ccc(C(=O)OC)cc1. The van der Waals surface area contributed by atoms with Gasteiger partial charge in [-0.05, 0) is 48.6 Å². The molecule has 0 saturated heterocycles. The monoisotopic (exact) mass is 379 g/mol. The Hall–Kier alpha value is -2.99. The number of nitrogens with zero attached hydrogens (tertiary/aromatic N) is 2. The van der Waals surface area contributed by atoms with Crippen LogP contribution in [-0.4, -0.2) is 23.0 Å². The maximum atomic E-state index is 11.6. The van der Waals surface area contributed by atoms with Crippen LogP contribution in [0.2, 0.25) is 0 Å². The molecule has 138 valence electrons. The summed E-state index contributed by atoms with van der Waals surface area (Å²) in [5, 5.41) is 7.42. The van der Waals surface area contributed by atoms with Crippen molar-refractivity contribution in [2.45, 2.75) is 19.8 Å². The topological polar surface area (TPSA) is 64.1 Å². The zero-order chi connectivity index (χ0) is 19.2. The number of aryl methyl sites for hydroxylation is 1. The van der Waals surface area contributed by atoms with Gasteiger partial charge in [-0.25, -0.2) is 14.8 Å². The first-order valence-corrected chi connectivity index (χ1v) is 9.59. The number of methoxy groups -OCH3 is 1. The quantitative estimate of drug-likeness (QED) is 0.461. The van der Waals surface area contributed by atoms with Crippen LogP contribution in [0.4, 0.5) is 11.5 Å². The van der Waals surface area contributed by atoms with E-state index in [0.717, 1.165) is 34.7 Å². The van der Waals surface area contributed by atoms with Gasteiger partial charge in [-0.3, -0.25) is 0 Å². The van der Waals surface area contributed by atoms with Crippen molar-refractivity contribution in [1.82, 2.24) is 9.97 Å². The van der Waals surface area contributed by atoms with Gasteiger partial charge in [-0.1, -0.05) is 13.0 Å². The van der Waals surface area contributed by atoms with Crippen molar-refractivity contribution in [2.75, 3.05) is 12.4 Å². The van der Waals surface area contributed by atoms with Gasteiger partial charge in [0, 0.05) is 27.9 Å². The second kappa shape index (κ2) is 8.60. The molecular formula is C21H21N3O2S. The normalized spacial score (nSPS) is 10.4. The van der Waals surface area contributed by atoms with E-state index in [1.54, 1.807) is 23.5 Å². The lowest BCUT2D eigenvalue weighted by Gasteiger charge is -2.15. The number of nitrogens with one attached hydrogen (secondary N) is 1. The first-order chi connectivity index (χ1) is 13.2. The minimum Gasteiger partial charge on any atom is -0.465 e. The van der Waals surface area contributed by atoms with Crippen LogP contribution >= 0.6 is 11.3 Å². The van der Waals surface area contributed by atoms with Crippen molar-refractivity contribution in [3.63, 3.8) is 0 Å². The summed E-state index contributed by atoms with van der Waals surface area (Å²) in [7, 11) is 1.37. The van der Waals surface area contributed by atoms with Gasteiger partial charge in [0.2, 0.25) is 0 Å². The maximum absolute atomic E-state index is 11.6. The lowest BCUT2D eigenvalue weighted by atomic mass is 10.1. The van der Waals surface area contributed by atoms with E-state index in [2.05, 4.69) is 18.8 Å². The molecule has 0 aliphatic heterocycles. The van der Waals surface area contributed by atoms with E-state index in [9.17, 15) is 4.79 Å². The van der Waals surface area contributed by atoms with E-state index < -0.39 is 0 Å². The molecule has 1 N–H and O–H groups in total. The zero-order valence-electron chi connectivity index (χ0n) is 15.4. The molecule has 0 saturated carbocycles. The summed E-state index contributed by atoms with van der Waals surface area (Å²) in [6, 6.07) is 9.14. The molecule has 0 atom stereocenters. The summed E-state index contributed by atoms with van der Waals surface area (Å²) in [5.74, 6) is 1.10. The molecular weight excluding hydrogens is 358 g/mol. The number of carbonyl (C=O) groups is 1. The van der Waals surface area contributed by atoms with Gasteiger partial charge in [-0.15, -0.1) is 6.58 Å². The first-order valence-electron chi connectivity index (χ1n) is 8.65. The lowest BCUT2D eigenvalue weighted by Crippen LogP contribution is -2.07. The molecule has 0 fully saturated rings. The number of allylic oxidation sites excluding steroid dienone is 1. The smallest absolute Gasteiger partial charge is 0.337 e. The van der Waals surface area contributed by atoms with Crippen LogP contribution in [0.5, 0.6) is 0 Å². The fourth-order valence-corrected chi connectivity index (χ4v) is 3.38. The number of aromatic nitrogens is 2. The average Bonchev–Trinajstić information content (AvgIpc) is 3.24. The summed E-state index contributed by atoms with van der Waals surface area (Å²) >= 11 is 1.62. The van der Waals surface area contributed by atoms with Gasteiger partial charge in [0.25, 0.3) is 0 Å². The number of thiophene rings is 1. The number of hydrogen-bond acceptors (Lipinski definition) is 6. The van der Waals surface area contributed by atoms with Crippen LogP contribution in [-0.2, 0) is 17.6 Å². The summed E-state index contributed by atoms with van der Waals surface area (Å²) in [6.07, 6.45) is 3.34. The number of carbonyl (C=O) groups excluding carboxylic acids is 1. The molecule has 0 unspecified atom stereocenters. The van der Waals surface area contributed by atoms with Crippen molar-refractivity contribution < 1.29 is 9.53 Å². The molecule has 1 aromatic carbocycles. The Bertz CT molecular complexity index is 935. The summed E-state index contributed by atoms with van der Waals surface area (Å²) in [4.78, 5) is 21.1. The molecule has 2 heterocycles. The van der Waals surface area contributed by atoms with Crippen LogP contribution in [0.15, 0.2) is 53.7 Å². The molecule has 5 nitrogen and oxygen atoms in total. The standard InChI is InChI=1S/C21H21N3O2S/c1-4-6-17-18(5-2)23-19(15-11-12-27-13-15)24-20(17)22-16-9-7-14(8-10-16)21(25)26-3/h4,7-13H,1,5-6H2,2-3H3,(H,22,23,24). The third kappa shape index (κ3) is 4.23. The van der Waals surface area contributed by atoms with Crippen molar-refractivity contribution in [3.8, 4) is 11.4 Å². The second-order valence-electron chi connectivity index (χ2n) is 5.87. The number of rotatable bonds is 7. The molecule has 0 radical (unpaired) electrons. The predicted octanol–water partition coefficient (Wildman–Crippen LogP) is 5.03. The Balaban J connectivity index is 2.00. The van der Waals surface area contributed by atoms with Crippen molar-refractivity contribution >= 4 is 28.8 Å². The van der Waals surface area contributed by atoms with Gasteiger partial charge in [0.1, 0.15) is 5.82 Å². The third-order valence-electron chi connectivity index (χ3n) is 4.12. The number of esters is 1. The molecule has 0 amide bonds. The van der Waals surface area contributed by atoms with E-state index >= 15 is 0 Å². The van der Waals surface area contributed by atoms with Crippen LogP contribution in [0.1, 0.15) is 28.5 Å². The van der Waals surface area contributed by atoms with Crippen molar-refractivity contribution in [2.24, 2.45) is 0 Å². The third-order valence-corrected chi connectivity index (χ3v) is 4.81. The molecule has 3 aromatic rings. The molecule has 3 rings (SSSR count). The molecule has 6 heteroatoms. The van der Waals surface area contributed by atoms with Gasteiger partial charge in [0.05, 0.1) is 12.7 Å². The van der Waals surface area contributed by atoms with E-state index in [0.29, 0.717) is 17.8 Å². The molecule has 27 heavy (non-hydrogen) atoms. The lowest BCUT2D eigenvalue weighted by molar-refractivity contribution is 0.0601. The average molecular weight is 379 g/mol. The highest BCUT2D eigenvalue weighted by molar-refractivity contribution is 7.08. The summed E-state index contributed by atoms with van der Waals surface area (Å²) in [5.41, 5.74) is 4.38. The predicted molar refractivity (Wildman–Crippen MR) is 110 cm³/mol. The fraction of sp³-hybridized carbons (Fsp3) is 0.190. The molecule has 2 aromatic heterocycles. The molecule has 0 spiro atoms. The largest absolute Gasteiger partial charge is 0.465 e. The highest BCUT2D eigenvalue weighted by atomic mass is 32.1. The first kappa shape index (κ1) is 18.8. The zero-order valence-corrected chi connectivity index (χ0v) is 16.2. The van der Waals surface area contributed by atoms with Crippen molar-refractivity contribution in [3.05, 3.63) is 70.6 Å².